The molecule has 0 aliphatic heterocycles. The minimum absolute atomic E-state index is 0.114. The van der Waals surface area contributed by atoms with Crippen molar-refractivity contribution in [2.45, 2.75) is 70.9 Å². The first-order valence-corrected chi connectivity index (χ1v) is 7.34. The van der Waals surface area contributed by atoms with Crippen LogP contribution in [-0.4, -0.2) is 29.2 Å². The number of hydrogen-bond acceptors (Lipinski definition) is 2. The molecule has 0 radical (unpaired) electrons. The number of hydrogen-bond donors (Lipinski definition) is 3. The summed E-state index contributed by atoms with van der Waals surface area (Å²) in [5, 5.41) is 14.5. The monoisotopic (exact) mass is 270 g/mol. The van der Waals surface area contributed by atoms with Crippen LogP contribution in [0, 0.1) is 5.92 Å². The minimum Gasteiger partial charge on any atom is -0.480 e. The molecular formula is C14H26N2O3. The van der Waals surface area contributed by atoms with Crippen molar-refractivity contribution in [3.8, 4) is 0 Å². The van der Waals surface area contributed by atoms with Crippen molar-refractivity contribution in [2.24, 2.45) is 5.92 Å². The summed E-state index contributed by atoms with van der Waals surface area (Å²) in [6.07, 6.45) is 6.97. The highest BCUT2D eigenvalue weighted by molar-refractivity contribution is 5.82. The topological polar surface area (TPSA) is 78.4 Å². The Morgan fingerprint density at radius 3 is 2.42 bits per heavy atom. The molecule has 1 saturated carbocycles. The summed E-state index contributed by atoms with van der Waals surface area (Å²) in [4.78, 5) is 22.8. The van der Waals surface area contributed by atoms with Crippen LogP contribution in [0.15, 0.2) is 0 Å². The van der Waals surface area contributed by atoms with Gasteiger partial charge in [-0.25, -0.2) is 9.59 Å². The van der Waals surface area contributed by atoms with Gasteiger partial charge in [-0.2, -0.15) is 0 Å². The number of rotatable bonds is 7. The van der Waals surface area contributed by atoms with Gasteiger partial charge in [0.2, 0.25) is 0 Å². The van der Waals surface area contributed by atoms with Gasteiger partial charge in [-0.1, -0.05) is 32.6 Å². The predicted octanol–water partition coefficient (Wildman–Crippen LogP) is 2.51. The summed E-state index contributed by atoms with van der Waals surface area (Å²) < 4.78 is 0. The molecule has 0 aromatic carbocycles. The first-order chi connectivity index (χ1) is 9.04. The van der Waals surface area contributed by atoms with Gasteiger partial charge < -0.3 is 15.7 Å². The number of carboxylic acid groups (broad SMARTS) is 1. The van der Waals surface area contributed by atoms with Gasteiger partial charge in [-0.3, -0.25) is 0 Å². The minimum atomic E-state index is -0.961. The molecule has 1 aliphatic rings. The van der Waals surface area contributed by atoms with Crippen molar-refractivity contribution in [3.05, 3.63) is 0 Å². The Morgan fingerprint density at radius 2 is 1.89 bits per heavy atom. The molecule has 1 rings (SSSR count). The summed E-state index contributed by atoms with van der Waals surface area (Å²) in [5.74, 6) is -0.429. The van der Waals surface area contributed by atoms with Crippen LogP contribution in [0.5, 0.6) is 0 Å². The van der Waals surface area contributed by atoms with Crippen molar-refractivity contribution in [2.75, 3.05) is 0 Å². The molecule has 110 valence electrons. The van der Waals surface area contributed by atoms with Gasteiger partial charge >= 0.3 is 12.0 Å². The lowest BCUT2D eigenvalue weighted by atomic mass is 10.00. The van der Waals surface area contributed by atoms with Gasteiger partial charge in [0, 0.05) is 6.04 Å². The van der Waals surface area contributed by atoms with E-state index in [0.717, 1.165) is 25.7 Å². The van der Waals surface area contributed by atoms with Gasteiger partial charge in [-0.05, 0) is 32.1 Å². The van der Waals surface area contributed by atoms with E-state index in [1.165, 1.54) is 12.8 Å². The molecule has 0 heterocycles. The van der Waals surface area contributed by atoms with Gasteiger partial charge in [0.05, 0.1) is 0 Å². The second kappa shape index (κ2) is 8.02. The van der Waals surface area contributed by atoms with E-state index in [-0.39, 0.29) is 12.1 Å². The molecule has 0 spiro atoms. The highest BCUT2D eigenvalue weighted by Crippen LogP contribution is 2.27. The third-order valence-corrected chi connectivity index (χ3v) is 3.92. The van der Waals surface area contributed by atoms with E-state index in [1.54, 1.807) is 0 Å². The normalized spacial score (nSPS) is 18.8. The predicted molar refractivity (Wildman–Crippen MR) is 74.0 cm³/mol. The fourth-order valence-electron chi connectivity index (χ4n) is 2.65. The van der Waals surface area contributed by atoms with Crippen LogP contribution >= 0.6 is 0 Å². The first kappa shape index (κ1) is 15.8. The fourth-order valence-corrected chi connectivity index (χ4v) is 2.65. The zero-order valence-corrected chi connectivity index (χ0v) is 11.9. The van der Waals surface area contributed by atoms with E-state index in [9.17, 15) is 9.59 Å². The standard InChI is InChI=1S/C14H26N2O3/c1-3-4-9-12(13(17)18)16-14(19)15-10(2)11-7-5-6-8-11/h10-12H,3-9H2,1-2H3,(H,17,18)(H2,15,16,19). The lowest BCUT2D eigenvalue weighted by molar-refractivity contribution is -0.139. The molecule has 19 heavy (non-hydrogen) atoms. The van der Waals surface area contributed by atoms with Gasteiger partial charge in [0.1, 0.15) is 6.04 Å². The number of carbonyl (C=O) groups is 2. The van der Waals surface area contributed by atoms with Crippen LogP contribution in [0.25, 0.3) is 0 Å². The Balaban J connectivity index is 2.36. The van der Waals surface area contributed by atoms with Gasteiger partial charge in [0.15, 0.2) is 0 Å². The molecular weight excluding hydrogens is 244 g/mol. The van der Waals surface area contributed by atoms with Gasteiger partial charge in [0.25, 0.3) is 0 Å². The Hall–Kier alpha value is -1.26. The van der Waals surface area contributed by atoms with E-state index in [1.807, 2.05) is 13.8 Å². The Bertz CT molecular complexity index is 301. The average molecular weight is 270 g/mol. The molecule has 1 aliphatic carbocycles. The van der Waals surface area contributed by atoms with Crippen LogP contribution in [-0.2, 0) is 4.79 Å². The van der Waals surface area contributed by atoms with E-state index >= 15 is 0 Å². The zero-order chi connectivity index (χ0) is 14.3. The summed E-state index contributed by atoms with van der Waals surface area (Å²) >= 11 is 0. The van der Waals surface area contributed by atoms with Crippen LogP contribution in [0.1, 0.15) is 58.8 Å². The first-order valence-electron chi connectivity index (χ1n) is 7.34. The SMILES string of the molecule is CCCCC(NC(=O)NC(C)C1CCCC1)C(=O)O. The number of aliphatic carboxylic acids is 1. The van der Waals surface area contributed by atoms with E-state index in [4.69, 9.17) is 5.11 Å². The highest BCUT2D eigenvalue weighted by Gasteiger charge is 2.24. The highest BCUT2D eigenvalue weighted by atomic mass is 16.4. The molecule has 0 bridgehead atoms. The maximum Gasteiger partial charge on any atom is 0.326 e. The molecule has 0 saturated heterocycles. The molecule has 3 N–H and O–H groups in total. The Labute approximate surface area is 115 Å². The fraction of sp³-hybridized carbons (Fsp3) is 0.857. The van der Waals surface area contributed by atoms with Crippen molar-refractivity contribution < 1.29 is 14.7 Å². The second-order valence-corrected chi connectivity index (χ2v) is 5.48. The number of amides is 2. The van der Waals surface area contributed by atoms with Crippen LogP contribution in [0.2, 0.25) is 0 Å². The molecule has 1 fully saturated rings. The third kappa shape index (κ3) is 5.49. The van der Waals surface area contributed by atoms with Crippen molar-refractivity contribution in [3.63, 3.8) is 0 Å². The van der Waals surface area contributed by atoms with E-state index < -0.39 is 12.0 Å². The average Bonchev–Trinajstić information content (AvgIpc) is 2.87. The largest absolute Gasteiger partial charge is 0.480 e. The number of carbonyl (C=O) groups excluding carboxylic acids is 1. The van der Waals surface area contributed by atoms with Crippen molar-refractivity contribution in [1.82, 2.24) is 10.6 Å². The summed E-state index contributed by atoms with van der Waals surface area (Å²) in [5.41, 5.74) is 0. The molecule has 5 heteroatoms. The second-order valence-electron chi connectivity index (χ2n) is 5.48. The molecule has 5 nitrogen and oxygen atoms in total. The molecule has 2 amide bonds. The smallest absolute Gasteiger partial charge is 0.326 e. The Morgan fingerprint density at radius 1 is 1.26 bits per heavy atom. The number of unbranched alkanes of at least 4 members (excludes halogenated alkanes) is 1. The number of carboxylic acids is 1. The summed E-state index contributed by atoms with van der Waals surface area (Å²) in [6.45, 7) is 4.00. The maximum absolute atomic E-state index is 11.8. The lowest BCUT2D eigenvalue weighted by Crippen LogP contribution is -2.49. The van der Waals surface area contributed by atoms with E-state index in [2.05, 4.69) is 10.6 Å². The van der Waals surface area contributed by atoms with Crippen LogP contribution in [0.3, 0.4) is 0 Å². The van der Waals surface area contributed by atoms with Gasteiger partial charge in [-0.15, -0.1) is 0 Å². The number of urea groups is 1. The summed E-state index contributed by atoms with van der Waals surface area (Å²) in [7, 11) is 0. The Kier molecular flexibility index (Phi) is 6.67. The van der Waals surface area contributed by atoms with Crippen molar-refractivity contribution >= 4 is 12.0 Å². The maximum atomic E-state index is 11.8. The van der Waals surface area contributed by atoms with Crippen molar-refractivity contribution in [1.29, 1.82) is 0 Å². The van der Waals surface area contributed by atoms with E-state index in [0.29, 0.717) is 12.3 Å². The number of nitrogens with one attached hydrogen (secondary N) is 2. The third-order valence-electron chi connectivity index (χ3n) is 3.92. The zero-order valence-electron chi connectivity index (χ0n) is 11.9. The molecule has 0 aromatic rings. The molecule has 2 atom stereocenters. The quantitative estimate of drug-likeness (QED) is 0.665. The molecule has 0 aromatic heterocycles. The summed E-state index contributed by atoms with van der Waals surface area (Å²) in [6, 6.07) is -1.03. The van der Waals surface area contributed by atoms with Crippen LogP contribution in [0.4, 0.5) is 4.79 Å². The van der Waals surface area contributed by atoms with Crippen LogP contribution < -0.4 is 10.6 Å². The lowest BCUT2D eigenvalue weighted by Gasteiger charge is -2.22. The molecule has 2 unspecified atom stereocenters.